The average Bonchev–Trinajstić information content (AvgIpc) is 1.78. The number of aliphatic hydroxyl groups excluding tert-OH is 2. The van der Waals surface area contributed by atoms with Gasteiger partial charge in [0.25, 0.3) is 0 Å². The number of carbonyl (C=O) groups excluding carboxylic acids is 1. The van der Waals surface area contributed by atoms with Gasteiger partial charge in [-0.1, -0.05) is 0 Å². The highest BCUT2D eigenvalue weighted by Gasteiger charge is 2.27. The maximum Gasteiger partial charge on any atom is 0.414 e. The molecule has 0 aliphatic carbocycles. The summed E-state index contributed by atoms with van der Waals surface area (Å²) in [6, 6.07) is 0. The second-order valence-electron chi connectivity index (χ2n) is 4.15. The molecule has 84 valence electrons. The summed E-state index contributed by atoms with van der Waals surface area (Å²) in [6.07, 6.45) is -2.89. The van der Waals surface area contributed by atoms with Crippen LogP contribution in [0.3, 0.4) is 0 Å². The summed E-state index contributed by atoms with van der Waals surface area (Å²) in [4.78, 5) is 12.3. The van der Waals surface area contributed by atoms with Gasteiger partial charge < -0.3 is 14.9 Å². The molecule has 0 radical (unpaired) electrons. The molecule has 0 heterocycles. The van der Waals surface area contributed by atoms with E-state index in [1.807, 2.05) is 0 Å². The number of aliphatic hydroxyl groups is 2. The Morgan fingerprint density at radius 3 is 1.79 bits per heavy atom. The molecule has 2 N–H and O–H groups in total. The molecule has 0 saturated heterocycles. The second kappa shape index (κ2) is 4.61. The molecule has 0 spiro atoms. The molecule has 0 saturated carbocycles. The highest BCUT2D eigenvalue weighted by atomic mass is 16.6. The van der Waals surface area contributed by atoms with E-state index >= 15 is 0 Å². The molecule has 2 unspecified atom stereocenters. The molecule has 0 aliphatic heterocycles. The lowest BCUT2D eigenvalue weighted by Gasteiger charge is -2.30. The third-order valence-corrected chi connectivity index (χ3v) is 1.41. The maximum atomic E-state index is 11.4. The van der Waals surface area contributed by atoms with Crippen LogP contribution in [0.4, 0.5) is 4.79 Å². The van der Waals surface area contributed by atoms with Crippen LogP contribution in [0, 0.1) is 0 Å². The molecule has 0 aromatic heterocycles. The van der Waals surface area contributed by atoms with E-state index in [4.69, 9.17) is 4.74 Å². The van der Waals surface area contributed by atoms with E-state index in [0.29, 0.717) is 0 Å². The quantitative estimate of drug-likeness (QED) is 0.657. The lowest BCUT2D eigenvalue weighted by molar-refractivity contribution is -0.0867. The van der Waals surface area contributed by atoms with Gasteiger partial charge in [-0.15, -0.1) is 0 Å². The number of nitrogens with zero attached hydrogens (tertiary/aromatic N) is 1. The van der Waals surface area contributed by atoms with E-state index in [0.717, 1.165) is 4.90 Å². The Labute approximate surface area is 84.3 Å². The van der Waals surface area contributed by atoms with Gasteiger partial charge in [0, 0.05) is 0 Å². The third-order valence-electron chi connectivity index (χ3n) is 1.41. The minimum Gasteiger partial charge on any atom is -0.444 e. The summed E-state index contributed by atoms with van der Waals surface area (Å²) in [6.45, 7) is 7.92. The van der Waals surface area contributed by atoms with E-state index in [9.17, 15) is 15.0 Å². The van der Waals surface area contributed by atoms with Gasteiger partial charge in [-0.05, 0) is 34.6 Å². The van der Waals surface area contributed by atoms with Crippen molar-refractivity contribution in [2.24, 2.45) is 0 Å². The van der Waals surface area contributed by atoms with Crippen molar-refractivity contribution in [3.63, 3.8) is 0 Å². The van der Waals surface area contributed by atoms with Crippen LogP contribution in [0.15, 0.2) is 0 Å². The lowest BCUT2D eigenvalue weighted by atomic mass is 10.2. The molecular formula is C9H19NO4. The fraction of sp³-hybridized carbons (Fsp3) is 0.889. The van der Waals surface area contributed by atoms with Gasteiger partial charge in [-0.3, -0.25) is 4.90 Å². The Hall–Kier alpha value is -0.810. The number of ether oxygens (including phenoxy) is 1. The van der Waals surface area contributed by atoms with Crippen LogP contribution >= 0.6 is 0 Å². The molecule has 0 aromatic rings. The van der Waals surface area contributed by atoms with E-state index < -0.39 is 24.2 Å². The second-order valence-corrected chi connectivity index (χ2v) is 4.15. The zero-order valence-electron chi connectivity index (χ0n) is 9.31. The first-order chi connectivity index (χ1) is 6.15. The first-order valence-electron chi connectivity index (χ1n) is 4.52. The van der Waals surface area contributed by atoms with Gasteiger partial charge in [0.15, 0.2) is 0 Å². The summed E-state index contributed by atoms with van der Waals surface area (Å²) in [5.41, 5.74) is -0.640. The zero-order chi connectivity index (χ0) is 11.5. The molecule has 0 bridgehead atoms. The summed E-state index contributed by atoms with van der Waals surface area (Å²) in [5.74, 6) is 0. The van der Waals surface area contributed by atoms with Gasteiger partial charge >= 0.3 is 6.09 Å². The van der Waals surface area contributed by atoms with Crippen LogP contribution in [-0.2, 0) is 4.74 Å². The zero-order valence-corrected chi connectivity index (χ0v) is 9.31. The SMILES string of the molecule is CC(O)N(C(=O)OC(C)(C)C)C(C)O. The molecule has 14 heavy (non-hydrogen) atoms. The molecule has 5 heteroatoms. The predicted molar refractivity (Wildman–Crippen MR) is 51.4 cm³/mol. The van der Waals surface area contributed by atoms with E-state index in [1.54, 1.807) is 20.8 Å². The summed E-state index contributed by atoms with van der Waals surface area (Å²) in [7, 11) is 0. The van der Waals surface area contributed by atoms with Gasteiger partial charge in [0.2, 0.25) is 0 Å². The molecular weight excluding hydrogens is 186 g/mol. The molecule has 0 fully saturated rings. The first-order valence-corrected chi connectivity index (χ1v) is 4.52. The monoisotopic (exact) mass is 205 g/mol. The van der Waals surface area contributed by atoms with Crippen molar-refractivity contribution in [3.05, 3.63) is 0 Å². The van der Waals surface area contributed by atoms with Crippen LogP contribution in [0.1, 0.15) is 34.6 Å². The normalized spacial score (nSPS) is 15.9. The Morgan fingerprint density at radius 1 is 1.21 bits per heavy atom. The number of rotatable bonds is 2. The Morgan fingerprint density at radius 2 is 1.57 bits per heavy atom. The number of hydrogen-bond acceptors (Lipinski definition) is 4. The summed E-state index contributed by atoms with van der Waals surface area (Å²) < 4.78 is 4.99. The summed E-state index contributed by atoms with van der Waals surface area (Å²) >= 11 is 0. The molecule has 2 atom stereocenters. The molecule has 0 aliphatic rings. The fourth-order valence-corrected chi connectivity index (χ4v) is 0.932. The van der Waals surface area contributed by atoms with Crippen molar-refractivity contribution in [1.82, 2.24) is 4.90 Å². The smallest absolute Gasteiger partial charge is 0.414 e. The third kappa shape index (κ3) is 4.43. The highest BCUT2D eigenvalue weighted by Crippen LogP contribution is 2.12. The Balaban J connectivity index is 4.47. The van der Waals surface area contributed by atoms with Crippen molar-refractivity contribution >= 4 is 6.09 Å². The van der Waals surface area contributed by atoms with Crippen LogP contribution in [0.5, 0.6) is 0 Å². The van der Waals surface area contributed by atoms with Crippen molar-refractivity contribution in [1.29, 1.82) is 0 Å². The maximum absolute atomic E-state index is 11.4. The number of amides is 1. The van der Waals surface area contributed by atoms with Crippen molar-refractivity contribution in [2.75, 3.05) is 0 Å². The van der Waals surface area contributed by atoms with E-state index in [-0.39, 0.29) is 0 Å². The van der Waals surface area contributed by atoms with E-state index in [1.165, 1.54) is 13.8 Å². The molecule has 1 amide bonds. The predicted octanol–water partition coefficient (Wildman–Crippen LogP) is 0.900. The van der Waals surface area contributed by atoms with Gasteiger partial charge in [-0.2, -0.15) is 0 Å². The van der Waals surface area contributed by atoms with Crippen molar-refractivity contribution in [3.8, 4) is 0 Å². The highest BCUT2D eigenvalue weighted by molar-refractivity contribution is 5.68. The van der Waals surface area contributed by atoms with E-state index in [2.05, 4.69) is 0 Å². The van der Waals surface area contributed by atoms with Gasteiger partial charge in [-0.25, -0.2) is 4.79 Å². The summed E-state index contributed by atoms with van der Waals surface area (Å²) in [5, 5.41) is 18.4. The van der Waals surface area contributed by atoms with Crippen LogP contribution in [-0.4, -0.2) is 39.3 Å². The Kier molecular flexibility index (Phi) is 4.35. The topological polar surface area (TPSA) is 70.0 Å². The van der Waals surface area contributed by atoms with Gasteiger partial charge in [0.1, 0.15) is 18.1 Å². The molecule has 5 nitrogen and oxygen atoms in total. The van der Waals surface area contributed by atoms with Crippen molar-refractivity contribution in [2.45, 2.75) is 52.7 Å². The lowest BCUT2D eigenvalue weighted by Crippen LogP contribution is -2.47. The number of hydrogen-bond donors (Lipinski definition) is 2. The number of carbonyl (C=O) groups is 1. The van der Waals surface area contributed by atoms with Crippen LogP contribution < -0.4 is 0 Å². The minimum atomic E-state index is -1.08. The fourth-order valence-electron chi connectivity index (χ4n) is 0.932. The van der Waals surface area contributed by atoms with Crippen LogP contribution in [0.2, 0.25) is 0 Å². The largest absolute Gasteiger partial charge is 0.444 e. The van der Waals surface area contributed by atoms with Crippen LogP contribution in [0.25, 0.3) is 0 Å². The van der Waals surface area contributed by atoms with Crippen molar-refractivity contribution < 1.29 is 19.7 Å². The molecule has 0 rings (SSSR count). The van der Waals surface area contributed by atoms with Gasteiger partial charge in [0.05, 0.1) is 0 Å². The first kappa shape index (κ1) is 13.2. The average molecular weight is 205 g/mol. The minimum absolute atomic E-state index is 0.640. The molecule has 0 aromatic carbocycles. The Bertz CT molecular complexity index is 187. The standard InChI is InChI=1S/C9H19NO4/c1-6(11)10(7(2)12)8(13)14-9(3,4)5/h6-7,11-12H,1-5H3.